The van der Waals surface area contributed by atoms with E-state index in [2.05, 4.69) is 48.9 Å². The summed E-state index contributed by atoms with van der Waals surface area (Å²) in [4.78, 5) is 10.9. The molecule has 110 valence electrons. The van der Waals surface area contributed by atoms with Gasteiger partial charge in [0.2, 0.25) is 0 Å². The lowest BCUT2D eigenvalue weighted by molar-refractivity contribution is 0.0697. The molecule has 2 rings (SSSR count). The van der Waals surface area contributed by atoms with Crippen molar-refractivity contribution in [3.8, 4) is 0 Å². The van der Waals surface area contributed by atoms with Gasteiger partial charge in [0, 0.05) is 11.0 Å². The Morgan fingerprint density at radius 1 is 1.30 bits per heavy atom. The Hall–Kier alpha value is -0.870. The molecule has 1 aromatic carbocycles. The van der Waals surface area contributed by atoms with Gasteiger partial charge in [0.05, 0.1) is 5.56 Å². The molecule has 0 bridgehead atoms. The van der Waals surface area contributed by atoms with Crippen LogP contribution in [-0.4, -0.2) is 17.6 Å². The zero-order valence-corrected chi connectivity index (χ0v) is 14.0. The number of nitrogens with one attached hydrogen (secondary N) is 1. The number of hydrogen-bond donors (Lipinski definition) is 2. The number of aromatic carboxylic acids is 1. The lowest BCUT2D eigenvalue weighted by Crippen LogP contribution is -2.19. The highest BCUT2D eigenvalue weighted by Crippen LogP contribution is 2.67. The maximum Gasteiger partial charge on any atom is 0.335 e. The van der Waals surface area contributed by atoms with Gasteiger partial charge in [0.15, 0.2) is 0 Å². The summed E-state index contributed by atoms with van der Waals surface area (Å²) in [6, 6.07) is 5.17. The van der Waals surface area contributed by atoms with E-state index in [1.54, 1.807) is 12.1 Å². The van der Waals surface area contributed by atoms with Crippen LogP contribution in [0.5, 0.6) is 0 Å². The molecule has 1 saturated carbocycles. The van der Waals surface area contributed by atoms with Gasteiger partial charge >= 0.3 is 5.97 Å². The van der Waals surface area contributed by atoms with Gasteiger partial charge in [-0.25, -0.2) is 4.79 Å². The Kier molecular flexibility index (Phi) is 4.00. The molecule has 4 heteroatoms. The molecule has 0 unspecified atom stereocenters. The summed E-state index contributed by atoms with van der Waals surface area (Å²) in [5.41, 5.74) is 2.19. The number of carboxylic acids is 1. The minimum atomic E-state index is -0.897. The molecule has 0 saturated heterocycles. The fraction of sp³-hybridized carbons (Fsp3) is 0.562. The van der Waals surface area contributed by atoms with Gasteiger partial charge in [0.25, 0.3) is 0 Å². The van der Waals surface area contributed by atoms with Crippen LogP contribution in [0.25, 0.3) is 0 Å². The first kappa shape index (κ1) is 15.5. The third kappa shape index (κ3) is 2.63. The molecule has 3 nitrogen and oxygen atoms in total. The van der Waals surface area contributed by atoms with Crippen LogP contribution in [0.2, 0.25) is 0 Å². The van der Waals surface area contributed by atoms with E-state index in [-0.39, 0.29) is 0 Å². The maximum atomic E-state index is 10.9. The summed E-state index contributed by atoms with van der Waals surface area (Å²) in [5.74, 6) is -0.209. The van der Waals surface area contributed by atoms with Gasteiger partial charge in [-0.1, -0.05) is 49.7 Å². The lowest BCUT2D eigenvalue weighted by atomic mass is 10.0. The number of rotatable bonds is 5. The van der Waals surface area contributed by atoms with E-state index in [1.807, 2.05) is 6.07 Å². The molecular weight excluding hydrogens is 318 g/mol. The van der Waals surface area contributed by atoms with Crippen LogP contribution in [0.1, 0.15) is 43.6 Å². The minimum absolute atomic E-state index is 0.310. The van der Waals surface area contributed by atoms with Crippen molar-refractivity contribution in [3.63, 3.8) is 0 Å². The molecule has 1 fully saturated rings. The molecule has 0 aliphatic heterocycles. The molecular formula is C16H22BrNO2. The van der Waals surface area contributed by atoms with Crippen LogP contribution in [0, 0.1) is 16.7 Å². The van der Waals surface area contributed by atoms with Gasteiger partial charge in [-0.2, -0.15) is 0 Å². The zero-order chi connectivity index (χ0) is 15.1. The number of hydrogen-bond acceptors (Lipinski definition) is 2. The van der Waals surface area contributed by atoms with E-state index in [4.69, 9.17) is 5.11 Å². The fourth-order valence-corrected chi connectivity index (χ4v) is 3.54. The van der Waals surface area contributed by atoms with Crippen molar-refractivity contribution in [2.45, 2.75) is 34.2 Å². The standard InChI is InChI=1S/C16H22BrNO2/c1-15(2)13(16(15,3)4)9-18-8-11-6-5-10(14(19)20)7-12(11)17/h5-7,13,18H,8-9H2,1-4H3,(H,19,20). The Labute approximate surface area is 128 Å². The molecule has 1 aliphatic carbocycles. The second kappa shape index (κ2) is 5.15. The summed E-state index contributed by atoms with van der Waals surface area (Å²) in [6.45, 7) is 11.0. The van der Waals surface area contributed by atoms with E-state index in [0.717, 1.165) is 23.1 Å². The second-order valence-corrected chi connectivity index (χ2v) is 7.59. The fourth-order valence-electron chi connectivity index (χ4n) is 3.02. The monoisotopic (exact) mass is 339 g/mol. The molecule has 0 amide bonds. The van der Waals surface area contributed by atoms with Crippen molar-refractivity contribution in [1.29, 1.82) is 0 Å². The summed E-state index contributed by atoms with van der Waals surface area (Å²) >= 11 is 3.44. The van der Waals surface area contributed by atoms with Crippen LogP contribution in [0.4, 0.5) is 0 Å². The Balaban J connectivity index is 1.91. The second-order valence-electron chi connectivity index (χ2n) is 6.74. The molecule has 1 aromatic rings. The number of carbonyl (C=O) groups is 1. The summed E-state index contributed by atoms with van der Waals surface area (Å²) in [7, 11) is 0. The van der Waals surface area contributed by atoms with Gasteiger partial charge in [-0.15, -0.1) is 0 Å². The first-order chi connectivity index (χ1) is 9.18. The molecule has 0 aromatic heterocycles. The molecule has 0 spiro atoms. The first-order valence-electron chi connectivity index (χ1n) is 6.90. The van der Waals surface area contributed by atoms with E-state index >= 15 is 0 Å². The van der Waals surface area contributed by atoms with E-state index in [1.165, 1.54) is 0 Å². The van der Waals surface area contributed by atoms with Crippen LogP contribution in [0.3, 0.4) is 0 Å². The average molecular weight is 340 g/mol. The van der Waals surface area contributed by atoms with Crippen molar-refractivity contribution in [2.24, 2.45) is 16.7 Å². The predicted octanol–water partition coefficient (Wildman–Crippen LogP) is 3.92. The Bertz CT molecular complexity index is 523. The number of carboxylic acid groups (broad SMARTS) is 1. The van der Waals surface area contributed by atoms with Crippen LogP contribution in [0.15, 0.2) is 22.7 Å². The molecule has 0 atom stereocenters. The quantitative estimate of drug-likeness (QED) is 0.854. The lowest BCUT2D eigenvalue weighted by Gasteiger charge is -2.09. The van der Waals surface area contributed by atoms with Crippen molar-refractivity contribution in [2.75, 3.05) is 6.54 Å². The third-order valence-corrected chi connectivity index (χ3v) is 6.02. The Morgan fingerprint density at radius 3 is 2.35 bits per heavy atom. The predicted molar refractivity (Wildman–Crippen MR) is 83.9 cm³/mol. The SMILES string of the molecule is CC1(C)C(CNCc2ccc(C(=O)O)cc2Br)C1(C)C. The van der Waals surface area contributed by atoms with Crippen molar-refractivity contribution < 1.29 is 9.90 Å². The average Bonchev–Trinajstić information content (AvgIpc) is 2.73. The zero-order valence-electron chi connectivity index (χ0n) is 12.5. The summed E-state index contributed by atoms with van der Waals surface area (Å²) < 4.78 is 0.846. The normalized spacial score (nSPS) is 19.9. The molecule has 0 heterocycles. The highest BCUT2D eigenvalue weighted by molar-refractivity contribution is 9.10. The molecule has 0 radical (unpaired) electrons. The highest BCUT2D eigenvalue weighted by Gasteiger charge is 2.63. The topological polar surface area (TPSA) is 49.3 Å². The van der Waals surface area contributed by atoms with Crippen molar-refractivity contribution in [1.82, 2.24) is 5.32 Å². The number of halogens is 1. The smallest absolute Gasteiger partial charge is 0.335 e. The number of benzene rings is 1. The van der Waals surface area contributed by atoms with Crippen molar-refractivity contribution >= 4 is 21.9 Å². The van der Waals surface area contributed by atoms with E-state index in [0.29, 0.717) is 22.3 Å². The third-order valence-electron chi connectivity index (χ3n) is 5.28. The first-order valence-corrected chi connectivity index (χ1v) is 7.69. The van der Waals surface area contributed by atoms with Crippen LogP contribution >= 0.6 is 15.9 Å². The molecule has 1 aliphatic rings. The molecule has 20 heavy (non-hydrogen) atoms. The Morgan fingerprint density at radius 2 is 1.90 bits per heavy atom. The van der Waals surface area contributed by atoms with Crippen molar-refractivity contribution in [3.05, 3.63) is 33.8 Å². The van der Waals surface area contributed by atoms with Gasteiger partial charge < -0.3 is 10.4 Å². The summed E-state index contributed by atoms with van der Waals surface area (Å²) in [5, 5.41) is 12.4. The highest BCUT2D eigenvalue weighted by atomic mass is 79.9. The van der Waals surface area contributed by atoms with Crippen LogP contribution in [-0.2, 0) is 6.54 Å². The minimum Gasteiger partial charge on any atom is -0.478 e. The molecule has 2 N–H and O–H groups in total. The van der Waals surface area contributed by atoms with E-state index in [9.17, 15) is 4.79 Å². The largest absolute Gasteiger partial charge is 0.478 e. The maximum absolute atomic E-state index is 10.9. The van der Waals surface area contributed by atoms with Gasteiger partial charge in [0.1, 0.15) is 0 Å². The van der Waals surface area contributed by atoms with E-state index < -0.39 is 5.97 Å². The van der Waals surface area contributed by atoms with Gasteiger partial charge in [-0.05, 0) is 41.0 Å². The van der Waals surface area contributed by atoms with Gasteiger partial charge in [-0.3, -0.25) is 0 Å². The van der Waals surface area contributed by atoms with Crippen LogP contribution < -0.4 is 5.32 Å². The summed E-state index contributed by atoms with van der Waals surface area (Å²) in [6.07, 6.45) is 0.